The number of hydrogen-bond acceptors (Lipinski definition) is 8. The highest BCUT2D eigenvalue weighted by Gasteiger charge is 2.35. The molecule has 204 valence electrons. The summed E-state index contributed by atoms with van der Waals surface area (Å²) in [5.74, 6) is -1.06. The van der Waals surface area contributed by atoms with Crippen LogP contribution in [0.25, 0.3) is 16.9 Å². The Morgan fingerprint density at radius 3 is 2.33 bits per heavy atom. The van der Waals surface area contributed by atoms with Crippen LogP contribution in [0.5, 0.6) is 5.88 Å². The molecule has 15 heteroatoms. The molecule has 3 N–H and O–H groups in total. The summed E-state index contributed by atoms with van der Waals surface area (Å²) in [6, 6.07) is 7.85. The number of amides is 1. The highest BCUT2D eigenvalue weighted by Crippen LogP contribution is 2.33. The summed E-state index contributed by atoms with van der Waals surface area (Å²) in [6.07, 6.45) is -2.05. The van der Waals surface area contributed by atoms with Gasteiger partial charge in [0.05, 0.1) is 7.11 Å². The number of anilines is 2. The fourth-order valence-corrected chi connectivity index (χ4v) is 4.13. The molecule has 1 aromatic carbocycles. The van der Waals surface area contributed by atoms with E-state index in [1.54, 1.807) is 0 Å². The minimum atomic E-state index is -4.70. The van der Waals surface area contributed by atoms with Gasteiger partial charge in [0.1, 0.15) is 5.56 Å². The van der Waals surface area contributed by atoms with E-state index in [2.05, 4.69) is 25.4 Å². The Hall–Kier alpha value is -4.37. The third kappa shape index (κ3) is 6.21. The summed E-state index contributed by atoms with van der Waals surface area (Å²) in [7, 11) is 1.25. The zero-order chi connectivity index (χ0) is 28.5. The van der Waals surface area contributed by atoms with E-state index in [0.29, 0.717) is 5.69 Å². The van der Waals surface area contributed by atoms with Gasteiger partial charge in [-0.15, -0.1) is 0 Å². The smallest absolute Gasteiger partial charge is 0.435 e. The first-order valence-corrected chi connectivity index (χ1v) is 12.3. The van der Waals surface area contributed by atoms with E-state index < -0.39 is 29.0 Å². The number of carbonyl (C=O) groups excluding carboxylic acids is 1. The van der Waals surface area contributed by atoms with Crippen molar-refractivity contribution in [3.63, 3.8) is 0 Å². The third-order valence-corrected chi connectivity index (χ3v) is 5.77. The zero-order valence-electron chi connectivity index (χ0n) is 21.0. The zero-order valence-corrected chi connectivity index (χ0v) is 21.8. The van der Waals surface area contributed by atoms with Gasteiger partial charge in [0.25, 0.3) is 17.2 Å². The minimum absolute atomic E-state index is 0.0334. The van der Waals surface area contributed by atoms with Crippen molar-refractivity contribution in [2.75, 3.05) is 12.4 Å². The number of nitrogens with one attached hydrogen (secondary N) is 2. The summed E-state index contributed by atoms with van der Waals surface area (Å²) in [6.45, 7) is 5.26. The minimum Gasteiger partial charge on any atom is -0.480 e. The number of carbonyl (C=O) groups is 1. The van der Waals surface area contributed by atoms with Crippen LogP contribution in [0.15, 0.2) is 42.7 Å². The number of aromatic nitrogens is 5. The van der Waals surface area contributed by atoms with Crippen molar-refractivity contribution in [3.05, 3.63) is 70.8 Å². The fraction of sp³-hybridized carbons (Fsp3) is 0.208. The van der Waals surface area contributed by atoms with Crippen molar-refractivity contribution < 1.29 is 31.5 Å². The molecule has 0 spiro atoms. The van der Waals surface area contributed by atoms with E-state index in [1.807, 2.05) is 36.8 Å². The number of rotatable bonds is 7. The van der Waals surface area contributed by atoms with Gasteiger partial charge in [0, 0.05) is 34.9 Å². The van der Waals surface area contributed by atoms with E-state index in [-0.39, 0.29) is 40.0 Å². The number of benzene rings is 1. The van der Waals surface area contributed by atoms with Gasteiger partial charge in [0.15, 0.2) is 11.5 Å². The number of pyridine rings is 1. The average molecular weight is 562 g/mol. The van der Waals surface area contributed by atoms with Crippen LogP contribution < -0.4 is 14.8 Å². The SMILES string of the molecule is COc1ncc(-c2cnc(Nc3cc(C)cc(C)c3)nc2-n2nc(C(F)(F)F)cc2C)cc1C(=O)NS(=O)O. The van der Waals surface area contributed by atoms with Gasteiger partial charge < -0.3 is 10.1 Å². The van der Waals surface area contributed by atoms with Gasteiger partial charge in [-0.25, -0.2) is 23.6 Å². The summed E-state index contributed by atoms with van der Waals surface area (Å²) >= 11 is -2.66. The van der Waals surface area contributed by atoms with Gasteiger partial charge in [-0.3, -0.25) is 9.35 Å². The molecule has 0 saturated carbocycles. The molecule has 0 aliphatic heterocycles. The van der Waals surface area contributed by atoms with Crippen molar-refractivity contribution in [3.8, 4) is 22.8 Å². The highest BCUT2D eigenvalue weighted by atomic mass is 32.2. The molecule has 1 amide bonds. The largest absolute Gasteiger partial charge is 0.480 e. The first-order chi connectivity index (χ1) is 18.3. The molecule has 4 rings (SSSR count). The molecule has 1 unspecified atom stereocenters. The molecule has 0 aliphatic carbocycles. The Morgan fingerprint density at radius 1 is 1.05 bits per heavy atom. The van der Waals surface area contributed by atoms with Crippen molar-refractivity contribution in [2.45, 2.75) is 26.9 Å². The lowest BCUT2D eigenvalue weighted by atomic mass is 10.1. The number of alkyl halides is 3. The second kappa shape index (κ2) is 10.8. The van der Waals surface area contributed by atoms with Crippen LogP contribution in [-0.4, -0.2) is 46.5 Å². The standard InChI is InChI=1S/C24H22F3N7O4S/c1-12-5-13(2)7-16(6-12)30-23-29-11-18(20(31-23)34-14(3)8-19(32-34)24(25,26)27)15-9-17(21(35)33-39(36)37)22(38-4)28-10-15/h5-11H,1-4H3,(H,33,35)(H,36,37)(H,29,30,31). The Kier molecular flexibility index (Phi) is 7.65. The molecule has 0 fully saturated rings. The number of hydrogen-bond donors (Lipinski definition) is 3. The molecule has 0 radical (unpaired) electrons. The molecule has 0 aliphatic rings. The summed E-state index contributed by atoms with van der Waals surface area (Å²) < 4.78 is 68.5. The lowest BCUT2D eigenvalue weighted by molar-refractivity contribution is -0.141. The first-order valence-electron chi connectivity index (χ1n) is 11.2. The van der Waals surface area contributed by atoms with Crippen molar-refractivity contribution in [2.24, 2.45) is 0 Å². The maximum Gasteiger partial charge on any atom is 0.435 e. The van der Waals surface area contributed by atoms with Crippen molar-refractivity contribution in [1.82, 2.24) is 29.5 Å². The van der Waals surface area contributed by atoms with Gasteiger partial charge in [-0.1, -0.05) is 6.07 Å². The average Bonchev–Trinajstić information content (AvgIpc) is 3.24. The summed E-state index contributed by atoms with van der Waals surface area (Å²) in [5.41, 5.74) is 1.82. The van der Waals surface area contributed by atoms with Crippen LogP contribution in [0, 0.1) is 20.8 Å². The molecule has 0 bridgehead atoms. The molecule has 3 aromatic heterocycles. The summed E-state index contributed by atoms with van der Waals surface area (Å²) in [5, 5.41) is 6.77. The predicted molar refractivity (Wildman–Crippen MR) is 136 cm³/mol. The monoisotopic (exact) mass is 561 g/mol. The molecular formula is C24H22F3N7O4S. The Labute approximate surface area is 222 Å². The van der Waals surface area contributed by atoms with E-state index in [1.165, 1.54) is 32.5 Å². The Bertz CT molecular complexity index is 1570. The van der Waals surface area contributed by atoms with Gasteiger partial charge in [0.2, 0.25) is 11.8 Å². The first kappa shape index (κ1) is 27.7. The fourth-order valence-electron chi connectivity index (χ4n) is 3.86. The molecule has 4 aromatic rings. The lowest BCUT2D eigenvalue weighted by Gasteiger charge is -2.14. The second-order valence-electron chi connectivity index (χ2n) is 8.47. The Morgan fingerprint density at radius 2 is 1.74 bits per heavy atom. The topological polar surface area (TPSA) is 144 Å². The third-order valence-electron chi connectivity index (χ3n) is 5.41. The van der Waals surface area contributed by atoms with Crippen LogP contribution in [-0.2, 0) is 17.4 Å². The molecular weight excluding hydrogens is 539 g/mol. The maximum absolute atomic E-state index is 13.5. The van der Waals surface area contributed by atoms with Gasteiger partial charge in [-0.05, 0) is 56.2 Å². The normalized spacial score (nSPS) is 12.2. The number of ether oxygens (including phenoxy) is 1. The summed E-state index contributed by atoms with van der Waals surface area (Å²) in [4.78, 5) is 25.3. The molecule has 1 atom stereocenters. The van der Waals surface area contributed by atoms with Gasteiger partial charge >= 0.3 is 6.18 Å². The molecule has 0 saturated heterocycles. The van der Waals surface area contributed by atoms with Crippen LogP contribution in [0.3, 0.4) is 0 Å². The molecule has 11 nitrogen and oxygen atoms in total. The van der Waals surface area contributed by atoms with E-state index in [9.17, 15) is 22.2 Å². The number of halogens is 3. The van der Waals surface area contributed by atoms with Crippen molar-refractivity contribution in [1.29, 1.82) is 0 Å². The van der Waals surface area contributed by atoms with Crippen LogP contribution >= 0.6 is 0 Å². The van der Waals surface area contributed by atoms with Crippen molar-refractivity contribution >= 4 is 28.8 Å². The van der Waals surface area contributed by atoms with E-state index >= 15 is 0 Å². The van der Waals surface area contributed by atoms with E-state index in [4.69, 9.17) is 9.29 Å². The van der Waals surface area contributed by atoms with Crippen LogP contribution in [0.2, 0.25) is 0 Å². The Balaban J connectivity index is 1.89. The second-order valence-corrected chi connectivity index (χ2v) is 9.18. The lowest BCUT2D eigenvalue weighted by Crippen LogP contribution is -2.25. The van der Waals surface area contributed by atoms with Gasteiger partial charge in [-0.2, -0.15) is 23.3 Å². The molecule has 39 heavy (non-hydrogen) atoms. The van der Waals surface area contributed by atoms with E-state index in [0.717, 1.165) is 21.9 Å². The quantitative estimate of drug-likeness (QED) is 0.282. The molecule has 3 heterocycles. The van der Waals surface area contributed by atoms with Crippen LogP contribution in [0.1, 0.15) is 32.9 Å². The van der Waals surface area contributed by atoms with Crippen LogP contribution in [0.4, 0.5) is 24.8 Å². The highest BCUT2D eigenvalue weighted by molar-refractivity contribution is 7.77. The predicted octanol–water partition coefficient (Wildman–Crippen LogP) is 4.29. The number of methoxy groups -OCH3 is 1. The maximum atomic E-state index is 13.5. The number of aryl methyl sites for hydroxylation is 3. The number of nitrogens with zero attached hydrogens (tertiary/aromatic N) is 5.